The van der Waals surface area contributed by atoms with Crippen LogP contribution in [-0.2, 0) is 4.79 Å². The second kappa shape index (κ2) is 6.59. The van der Waals surface area contributed by atoms with Gasteiger partial charge in [0.2, 0.25) is 11.3 Å². The number of hydrogen-bond donors (Lipinski definition) is 5. The number of aromatic carboxylic acids is 1. The largest absolute Gasteiger partial charge is 0.477 e. The minimum absolute atomic E-state index is 0.0909. The number of carbonyl (C=O) groups is 2. The molecule has 0 saturated heterocycles. The molecule has 0 spiro atoms. The number of benzene rings is 1. The maximum atomic E-state index is 12.1. The summed E-state index contributed by atoms with van der Waals surface area (Å²) < 4.78 is 0. The summed E-state index contributed by atoms with van der Waals surface area (Å²) in [6.45, 7) is 1.13. The molecule has 1 amide bonds. The number of nitrogens with one attached hydrogen (secondary N) is 2. The van der Waals surface area contributed by atoms with Crippen LogP contribution in [0, 0.1) is 0 Å². The Bertz CT molecular complexity index is 813. The van der Waals surface area contributed by atoms with Crippen molar-refractivity contribution >= 4 is 22.8 Å². The topological polar surface area (TPSA) is 140 Å². The third-order valence-corrected chi connectivity index (χ3v) is 3.40. The molecular formula is C15H16N2O6. The van der Waals surface area contributed by atoms with Crippen molar-refractivity contribution < 1.29 is 24.9 Å². The van der Waals surface area contributed by atoms with Crippen molar-refractivity contribution in [2.45, 2.75) is 19.1 Å². The number of aliphatic hydroxyl groups is 2. The highest BCUT2D eigenvalue weighted by Gasteiger charge is 2.20. The Balaban J connectivity index is 2.38. The fraction of sp³-hybridized carbons (Fsp3) is 0.267. The first-order valence-corrected chi connectivity index (χ1v) is 6.80. The fourth-order valence-electron chi connectivity index (χ4n) is 2.16. The fourth-order valence-corrected chi connectivity index (χ4v) is 2.16. The van der Waals surface area contributed by atoms with Gasteiger partial charge in [0, 0.05) is 30.6 Å². The van der Waals surface area contributed by atoms with Gasteiger partial charge in [0.15, 0.2) is 0 Å². The molecule has 0 fully saturated rings. The zero-order chi connectivity index (χ0) is 17.1. The van der Waals surface area contributed by atoms with E-state index >= 15 is 0 Å². The van der Waals surface area contributed by atoms with Crippen LogP contribution in [0.2, 0.25) is 0 Å². The van der Waals surface area contributed by atoms with Crippen LogP contribution in [0.15, 0.2) is 29.2 Å². The first-order valence-electron chi connectivity index (χ1n) is 6.80. The quantitative estimate of drug-likeness (QED) is 0.515. The van der Waals surface area contributed by atoms with E-state index in [1.165, 1.54) is 25.1 Å². The summed E-state index contributed by atoms with van der Waals surface area (Å²) in [5.74, 6) is -1.71. The average Bonchev–Trinajstić information content (AvgIpc) is 2.51. The van der Waals surface area contributed by atoms with Crippen LogP contribution < -0.4 is 10.7 Å². The van der Waals surface area contributed by atoms with Crippen LogP contribution in [0.25, 0.3) is 10.9 Å². The number of carboxylic acid groups (broad SMARTS) is 1. The molecule has 1 aromatic heterocycles. The number of carboxylic acids is 1. The molecule has 5 N–H and O–H groups in total. The van der Waals surface area contributed by atoms with Gasteiger partial charge >= 0.3 is 5.97 Å². The molecule has 0 aliphatic carbocycles. The Kier molecular flexibility index (Phi) is 4.77. The molecule has 0 bridgehead atoms. The number of amides is 1. The Hall–Kier alpha value is -2.71. The number of aliphatic hydroxyl groups excluding tert-OH is 2. The maximum Gasteiger partial charge on any atom is 0.341 e. The average molecular weight is 320 g/mol. The molecule has 0 saturated carbocycles. The van der Waals surface area contributed by atoms with Gasteiger partial charge in [0.1, 0.15) is 17.8 Å². The Morgan fingerprint density at radius 3 is 2.61 bits per heavy atom. The number of carbonyl (C=O) groups excluding carboxylic acids is 1. The number of H-pyrrole nitrogens is 1. The predicted octanol–water partition coefficient (Wildman–Crippen LogP) is -0.243. The summed E-state index contributed by atoms with van der Waals surface area (Å²) in [5, 5.41) is 31.4. The monoisotopic (exact) mass is 320 g/mol. The van der Waals surface area contributed by atoms with Crippen molar-refractivity contribution in [2.24, 2.45) is 0 Å². The van der Waals surface area contributed by atoms with E-state index in [9.17, 15) is 24.6 Å². The van der Waals surface area contributed by atoms with E-state index in [0.717, 1.165) is 6.20 Å². The van der Waals surface area contributed by atoms with E-state index in [1.54, 1.807) is 0 Å². The van der Waals surface area contributed by atoms with Gasteiger partial charge in [0.25, 0.3) is 0 Å². The summed E-state index contributed by atoms with van der Waals surface area (Å²) in [5.41, 5.74) is -0.449. The summed E-state index contributed by atoms with van der Waals surface area (Å²) in [6.07, 6.45) is -1.49. The minimum atomic E-state index is -1.36. The molecule has 8 heteroatoms. The standard InChI is InChI=1S/C15H16N2O6/c1-7(18)16-6-12(19)13(20)8-2-3-11-9(4-8)14(21)10(5-17-11)15(22)23/h2-5,12-13,19-20H,6H2,1H3,(H,16,18)(H,17,21)(H,22,23). The molecule has 0 aliphatic heterocycles. The number of pyridine rings is 1. The molecule has 2 atom stereocenters. The highest BCUT2D eigenvalue weighted by molar-refractivity contribution is 5.92. The zero-order valence-electron chi connectivity index (χ0n) is 12.2. The smallest absolute Gasteiger partial charge is 0.341 e. The van der Waals surface area contributed by atoms with Crippen molar-refractivity contribution in [3.05, 3.63) is 45.7 Å². The first-order chi connectivity index (χ1) is 10.8. The minimum Gasteiger partial charge on any atom is -0.477 e. The number of aromatic amines is 1. The molecule has 2 rings (SSSR count). The third kappa shape index (κ3) is 3.55. The van der Waals surface area contributed by atoms with Gasteiger partial charge in [-0.3, -0.25) is 9.59 Å². The van der Waals surface area contributed by atoms with Gasteiger partial charge < -0.3 is 25.6 Å². The molecule has 0 radical (unpaired) electrons. The van der Waals surface area contributed by atoms with Crippen molar-refractivity contribution in [3.8, 4) is 0 Å². The highest BCUT2D eigenvalue weighted by atomic mass is 16.4. The lowest BCUT2D eigenvalue weighted by molar-refractivity contribution is -0.119. The van der Waals surface area contributed by atoms with E-state index in [1.807, 2.05) is 0 Å². The molecule has 8 nitrogen and oxygen atoms in total. The zero-order valence-corrected chi connectivity index (χ0v) is 12.2. The molecule has 122 valence electrons. The van der Waals surface area contributed by atoms with Gasteiger partial charge in [-0.05, 0) is 17.7 Å². The summed E-state index contributed by atoms with van der Waals surface area (Å²) in [4.78, 5) is 36.6. The first kappa shape index (κ1) is 16.7. The van der Waals surface area contributed by atoms with E-state index in [0.29, 0.717) is 5.52 Å². The number of aromatic nitrogens is 1. The highest BCUT2D eigenvalue weighted by Crippen LogP contribution is 2.20. The number of fused-ring (bicyclic) bond motifs is 1. The van der Waals surface area contributed by atoms with Crippen LogP contribution in [0.5, 0.6) is 0 Å². The van der Waals surface area contributed by atoms with Gasteiger partial charge in [0.05, 0.1) is 0 Å². The van der Waals surface area contributed by atoms with Crippen LogP contribution >= 0.6 is 0 Å². The molecule has 23 heavy (non-hydrogen) atoms. The van der Waals surface area contributed by atoms with Crippen LogP contribution in [0.4, 0.5) is 0 Å². The van der Waals surface area contributed by atoms with Crippen molar-refractivity contribution in [2.75, 3.05) is 6.54 Å². The van der Waals surface area contributed by atoms with Crippen LogP contribution in [-0.4, -0.2) is 44.8 Å². The lowest BCUT2D eigenvalue weighted by atomic mass is 10.0. The lowest BCUT2D eigenvalue weighted by Crippen LogP contribution is -2.34. The Labute approximate surface area is 130 Å². The van der Waals surface area contributed by atoms with Gasteiger partial charge in [-0.2, -0.15) is 0 Å². The van der Waals surface area contributed by atoms with E-state index < -0.39 is 29.2 Å². The van der Waals surface area contributed by atoms with Crippen molar-refractivity contribution in [1.82, 2.24) is 10.3 Å². The molecular weight excluding hydrogens is 304 g/mol. The summed E-state index contributed by atoms with van der Waals surface area (Å²) >= 11 is 0. The molecule has 0 aliphatic rings. The lowest BCUT2D eigenvalue weighted by Gasteiger charge is -2.18. The molecule has 1 heterocycles. The van der Waals surface area contributed by atoms with E-state index in [2.05, 4.69) is 10.3 Å². The normalized spacial score (nSPS) is 13.5. The second-order valence-electron chi connectivity index (χ2n) is 5.09. The molecule has 2 unspecified atom stereocenters. The predicted molar refractivity (Wildman–Crippen MR) is 81.2 cm³/mol. The van der Waals surface area contributed by atoms with Gasteiger partial charge in [-0.25, -0.2) is 4.79 Å². The van der Waals surface area contributed by atoms with Crippen molar-refractivity contribution in [1.29, 1.82) is 0 Å². The number of hydrogen-bond acceptors (Lipinski definition) is 5. The molecule has 1 aromatic carbocycles. The van der Waals surface area contributed by atoms with Crippen LogP contribution in [0.1, 0.15) is 28.9 Å². The molecule has 2 aromatic rings. The van der Waals surface area contributed by atoms with E-state index in [-0.39, 0.29) is 23.4 Å². The van der Waals surface area contributed by atoms with E-state index in [4.69, 9.17) is 5.11 Å². The third-order valence-electron chi connectivity index (χ3n) is 3.40. The Morgan fingerprint density at radius 1 is 1.30 bits per heavy atom. The van der Waals surface area contributed by atoms with Crippen LogP contribution in [0.3, 0.4) is 0 Å². The van der Waals surface area contributed by atoms with Gasteiger partial charge in [-0.15, -0.1) is 0 Å². The summed E-state index contributed by atoms with van der Waals surface area (Å²) in [6, 6.07) is 4.33. The second-order valence-corrected chi connectivity index (χ2v) is 5.09. The Morgan fingerprint density at radius 2 is 2.00 bits per heavy atom. The number of rotatable bonds is 5. The van der Waals surface area contributed by atoms with Gasteiger partial charge in [-0.1, -0.05) is 6.07 Å². The van der Waals surface area contributed by atoms with Crippen molar-refractivity contribution in [3.63, 3.8) is 0 Å². The SMILES string of the molecule is CC(=O)NCC(O)C(O)c1ccc2[nH]cc(C(=O)O)c(=O)c2c1. The summed E-state index contributed by atoms with van der Waals surface area (Å²) in [7, 11) is 0. The maximum absolute atomic E-state index is 12.1.